The van der Waals surface area contributed by atoms with E-state index in [1.54, 1.807) is 13.0 Å². The van der Waals surface area contributed by atoms with Crippen molar-refractivity contribution >= 4 is 0 Å². The molecule has 4 heteroatoms. The zero-order valence-corrected chi connectivity index (χ0v) is 9.08. The number of hydrogen-bond donors (Lipinski definition) is 1. The average molecular weight is 214 g/mol. The first-order valence-electron chi connectivity index (χ1n) is 4.67. The number of benzene rings is 1. The number of aliphatic hydroxyl groups excluding tert-OH is 1. The van der Waals surface area contributed by atoms with Crippen LogP contribution in [0.2, 0.25) is 0 Å². The first kappa shape index (κ1) is 11.8. The first-order chi connectivity index (χ1) is 7.08. The Hall–Kier alpha value is -1.29. The molecular weight excluding hydrogens is 199 g/mol. The van der Waals surface area contributed by atoms with Crippen LogP contribution in [0.4, 0.5) is 4.39 Å². The van der Waals surface area contributed by atoms with E-state index in [1.165, 1.54) is 20.3 Å². The quantitative estimate of drug-likeness (QED) is 0.830. The molecule has 0 spiro atoms. The minimum absolute atomic E-state index is 0.256. The highest BCUT2D eigenvalue weighted by atomic mass is 19.1. The minimum atomic E-state index is -0.586. The number of rotatable bonds is 4. The van der Waals surface area contributed by atoms with Crippen molar-refractivity contribution in [2.75, 3.05) is 14.2 Å². The highest BCUT2D eigenvalue weighted by Crippen LogP contribution is 2.30. The average Bonchev–Trinajstić information content (AvgIpc) is 2.19. The van der Waals surface area contributed by atoms with Gasteiger partial charge in [-0.3, -0.25) is 0 Å². The molecule has 0 saturated heterocycles. The third-order valence-corrected chi connectivity index (χ3v) is 2.07. The molecule has 1 aromatic rings. The lowest BCUT2D eigenvalue weighted by atomic mass is 10.1. The van der Waals surface area contributed by atoms with Gasteiger partial charge in [0.05, 0.1) is 20.3 Å². The number of halogens is 1. The lowest BCUT2D eigenvalue weighted by Gasteiger charge is -2.11. The van der Waals surface area contributed by atoms with E-state index >= 15 is 0 Å². The molecule has 0 aliphatic heterocycles. The van der Waals surface area contributed by atoms with Gasteiger partial charge in [0.25, 0.3) is 0 Å². The maximum absolute atomic E-state index is 13.5. The molecule has 1 N–H and O–H groups in total. The van der Waals surface area contributed by atoms with Crippen LogP contribution in [-0.2, 0) is 6.42 Å². The second-order valence-corrected chi connectivity index (χ2v) is 3.35. The van der Waals surface area contributed by atoms with Crippen molar-refractivity contribution in [1.82, 2.24) is 0 Å². The molecule has 0 fully saturated rings. The molecule has 1 rings (SSSR count). The maximum Gasteiger partial charge on any atom is 0.163 e. The standard InChI is InChI=1S/C11H15FO3/c1-7(13)4-8-5-10(14-2)11(15-3)6-9(8)12/h5-7,13H,4H2,1-3H3. The van der Waals surface area contributed by atoms with Crippen molar-refractivity contribution in [3.05, 3.63) is 23.5 Å². The van der Waals surface area contributed by atoms with Crippen LogP contribution in [0.3, 0.4) is 0 Å². The summed E-state index contributed by atoms with van der Waals surface area (Å²) in [5.41, 5.74) is 0.419. The van der Waals surface area contributed by atoms with E-state index < -0.39 is 11.9 Å². The van der Waals surface area contributed by atoms with E-state index in [4.69, 9.17) is 9.47 Å². The summed E-state index contributed by atoms with van der Waals surface area (Å²) < 4.78 is 23.5. The van der Waals surface area contributed by atoms with Gasteiger partial charge in [0, 0.05) is 12.5 Å². The monoisotopic (exact) mass is 214 g/mol. The molecule has 1 unspecified atom stereocenters. The van der Waals surface area contributed by atoms with Crippen LogP contribution in [0.1, 0.15) is 12.5 Å². The molecule has 0 bridgehead atoms. The van der Waals surface area contributed by atoms with E-state index in [2.05, 4.69) is 0 Å². The van der Waals surface area contributed by atoms with E-state index in [9.17, 15) is 9.50 Å². The number of hydrogen-bond acceptors (Lipinski definition) is 3. The third-order valence-electron chi connectivity index (χ3n) is 2.07. The summed E-state index contributed by atoms with van der Waals surface area (Å²) in [4.78, 5) is 0. The maximum atomic E-state index is 13.5. The van der Waals surface area contributed by atoms with Gasteiger partial charge in [0.15, 0.2) is 11.5 Å². The number of aliphatic hydroxyl groups is 1. The largest absolute Gasteiger partial charge is 0.493 e. The molecule has 0 radical (unpaired) electrons. The predicted molar refractivity (Wildman–Crippen MR) is 54.9 cm³/mol. The Morgan fingerprint density at radius 3 is 2.27 bits per heavy atom. The van der Waals surface area contributed by atoms with Crippen LogP contribution >= 0.6 is 0 Å². The Bertz CT molecular complexity index is 337. The summed E-state index contributed by atoms with van der Waals surface area (Å²) in [6.07, 6.45) is -0.329. The van der Waals surface area contributed by atoms with Gasteiger partial charge in [-0.05, 0) is 18.6 Å². The van der Waals surface area contributed by atoms with Gasteiger partial charge < -0.3 is 14.6 Å². The number of ether oxygens (including phenoxy) is 2. The Morgan fingerprint density at radius 1 is 1.27 bits per heavy atom. The third kappa shape index (κ3) is 2.83. The topological polar surface area (TPSA) is 38.7 Å². The zero-order valence-electron chi connectivity index (χ0n) is 9.08. The van der Waals surface area contributed by atoms with E-state index in [0.717, 1.165) is 0 Å². The van der Waals surface area contributed by atoms with Crippen molar-refractivity contribution in [3.8, 4) is 11.5 Å². The second kappa shape index (κ2) is 4.98. The zero-order chi connectivity index (χ0) is 11.4. The highest BCUT2D eigenvalue weighted by Gasteiger charge is 2.12. The fraction of sp³-hybridized carbons (Fsp3) is 0.455. The van der Waals surface area contributed by atoms with Crippen LogP contribution in [0.25, 0.3) is 0 Å². The summed E-state index contributed by atoms with van der Waals surface area (Å²) in [5.74, 6) is 0.424. The molecule has 1 aromatic carbocycles. The minimum Gasteiger partial charge on any atom is -0.493 e. The Kier molecular flexibility index (Phi) is 3.91. The lowest BCUT2D eigenvalue weighted by molar-refractivity contribution is 0.194. The Balaban J connectivity index is 3.08. The van der Waals surface area contributed by atoms with Crippen LogP contribution in [0.15, 0.2) is 12.1 Å². The van der Waals surface area contributed by atoms with Gasteiger partial charge in [0.1, 0.15) is 5.82 Å². The fourth-order valence-corrected chi connectivity index (χ4v) is 1.37. The van der Waals surface area contributed by atoms with E-state index in [0.29, 0.717) is 17.1 Å². The van der Waals surface area contributed by atoms with Crippen molar-refractivity contribution < 1.29 is 19.0 Å². The summed E-state index contributed by atoms with van der Waals surface area (Å²) in [5, 5.41) is 9.18. The molecule has 0 aliphatic rings. The molecule has 0 amide bonds. The van der Waals surface area contributed by atoms with Gasteiger partial charge in [-0.2, -0.15) is 0 Å². The molecule has 84 valence electrons. The smallest absolute Gasteiger partial charge is 0.163 e. The highest BCUT2D eigenvalue weighted by molar-refractivity contribution is 5.43. The molecule has 3 nitrogen and oxygen atoms in total. The summed E-state index contributed by atoms with van der Waals surface area (Å²) in [6, 6.07) is 2.80. The van der Waals surface area contributed by atoms with Gasteiger partial charge in [0.2, 0.25) is 0 Å². The van der Waals surface area contributed by atoms with E-state index in [-0.39, 0.29) is 6.42 Å². The van der Waals surface area contributed by atoms with Crippen LogP contribution < -0.4 is 9.47 Å². The molecule has 0 aromatic heterocycles. The molecule has 0 aliphatic carbocycles. The molecule has 0 saturated carbocycles. The van der Waals surface area contributed by atoms with Crippen molar-refractivity contribution in [3.63, 3.8) is 0 Å². The SMILES string of the molecule is COc1cc(F)c(CC(C)O)cc1OC. The van der Waals surface area contributed by atoms with E-state index in [1.807, 2.05) is 0 Å². The molecule has 0 heterocycles. The van der Waals surface area contributed by atoms with Gasteiger partial charge >= 0.3 is 0 Å². The predicted octanol–water partition coefficient (Wildman–Crippen LogP) is 1.77. The van der Waals surface area contributed by atoms with Gasteiger partial charge in [-0.15, -0.1) is 0 Å². The summed E-state index contributed by atoms with van der Waals surface area (Å²) in [6.45, 7) is 1.61. The fourth-order valence-electron chi connectivity index (χ4n) is 1.37. The van der Waals surface area contributed by atoms with Gasteiger partial charge in [-0.1, -0.05) is 0 Å². The van der Waals surface area contributed by atoms with Gasteiger partial charge in [-0.25, -0.2) is 4.39 Å². The first-order valence-corrected chi connectivity index (χ1v) is 4.67. The van der Waals surface area contributed by atoms with Crippen molar-refractivity contribution in [1.29, 1.82) is 0 Å². The van der Waals surface area contributed by atoms with Crippen LogP contribution in [-0.4, -0.2) is 25.4 Å². The lowest BCUT2D eigenvalue weighted by Crippen LogP contribution is -2.06. The summed E-state index contributed by atoms with van der Waals surface area (Å²) in [7, 11) is 2.94. The van der Waals surface area contributed by atoms with Crippen molar-refractivity contribution in [2.24, 2.45) is 0 Å². The van der Waals surface area contributed by atoms with Crippen LogP contribution in [0.5, 0.6) is 11.5 Å². The van der Waals surface area contributed by atoms with Crippen molar-refractivity contribution in [2.45, 2.75) is 19.4 Å². The Labute approximate surface area is 88.4 Å². The second-order valence-electron chi connectivity index (χ2n) is 3.35. The Morgan fingerprint density at radius 2 is 1.80 bits per heavy atom. The normalized spacial score (nSPS) is 12.3. The summed E-state index contributed by atoms with van der Waals surface area (Å²) >= 11 is 0. The van der Waals surface area contributed by atoms with Crippen LogP contribution in [0, 0.1) is 5.82 Å². The molecule has 15 heavy (non-hydrogen) atoms. The molecular formula is C11H15FO3. The molecule has 1 atom stereocenters. The number of methoxy groups -OCH3 is 2.